The standard InChI is InChI=1S/C18H13F6N5O/c19-12-4-11(16(8-25)1-2-16)7-29(30)15(12)13-3-10-5-27-28(14(10)6-26-13)9-17(20,21)18(22,23)24/h3-6,30H,1-2,7,9H2. The van der Waals surface area contributed by atoms with Gasteiger partial charge in [0.25, 0.3) is 0 Å². The molecule has 0 atom stereocenters. The van der Waals surface area contributed by atoms with E-state index in [0.29, 0.717) is 28.2 Å². The molecule has 2 aromatic heterocycles. The van der Waals surface area contributed by atoms with E-state index < -0.39 is 29.9 Å². The number of pyridine rings is 1. The van der Waals surface area contributed by atoms with Crippen molar-refractivity contribution in [2.45, 2.75) is 31.5 Å². The summed E-state index contributed by atoms with van der Waals surface area (Å²) in [6, 6.07) is 3.33. The third-order valence-corrected chi connectivity index (χ3v) is 5.22. The molecule has 2 aliphatic rings. The molecule has 6 nitrogen and oxygen atoms in total. The Labute approximate surface area is 165 Å². The molecular weight excluding hydrogens is 416 g/mol. The van der Waals surface area contributed by atoms with E-state index in [0.717, 1.165) is 18.5 Å². The van der Waals surface area contributed by atoms with Crippen molar-refractivity contribution in [2.24, 2.45) is 5.41 Å². The summed E-state index contributed by atoms with van der Waals surface area (Å²) in [5.41, 5.74) is -0.838. The SMILES string of the molecule is N#CC1(C2=CC(F)=C(c3cc4cnn(CC(F)(F)C(F)(F)F)c4cn3)N(O)C2)CC1. The van der Waals surface area contributed by atoms with Crippen LogP contribution in [0.2, 0.25) is 0 Å². The molecule has 0 radical (unpaired) electrons. The maximum atomic E-state index is 14.7. The second-order valence-electron chi connectivity index (χ2n) is 7.25. The van der Waals surface area contributed by atoms with Gasteiger partial charge in [0.2, 0.25) is 0 Å². The zero-order valence-corrected chi connectivity index (χ0v) is 15.1. The molecule has 4 rings (SSSR count). The van der Waals surface area contributed by atoms with Crippen molar-refractivity contribution in [1.29, 1.82) is 5.26 Å². The second-order valence-corrected chi connectivity index (χ2v) is 7.25. The number of nitrogens with zero attached hydrogens (tertiary/aromatic N) is 5. The Balaban J connectivity index is 1.68. The first kappa shape index (κ1) is 20.2. The molecule has 1 fully saturated rings. The van der Waals surface area contributed by atoms with E-state index >= 15 is 0 Å². The Bertz CT molecular complexity index is 1120. The molecule has 0 unspecified atom stereocenters. The minimum atomic E-state index is -5.74. The molecule has 0 spiro atoms. The van der Waals surface area contributed by atoms with Gasteiger partial charge in [-0.1, -0.05) is 0 Å². The van der Waals surface area contributed by atoms with E-state index in [1.807, 2.05) is 0 Å². The van der Waals surface area contributed by atoms with Gasteiger partial charge in [-0.25, -0.2) is 9.45 Å². The van der Waals surface area contributed by atoms with Crippen LogP contribution < -0.4 is 0 Å². The number of allylic oxidation sites excluding steroid dienone is 2. The van der Waals surface area contributed by atoms with Crippen LogP contribution >= 0.6 is 0 Å². The van der Waals surface area contributed by atoms with Crippen molar-refractivity contribution in [3.8, 4) is 6.07 Å². The predicted octanol–water partition coefficient (Wildman–Crippen LogP) is 4.20. The highest BCUT2D eigenvalue weighted by Gasteiger charge is 2.58. The minimum absolute atomic E-state index is 0.0678. The Kier molecular flexibility index (Phi) is 4.36. The highest BCUT2D eigenvalue weighted by Crippen LogP contribution is 2.53. The number of alkyl halides is 5. The first-order valence-corrected chi connectivity index (χ1v) is 8.72. The number of hydrogen-bond acceptors (Lipinski definition) is 5. The van der Waals surface area contributed by atoms with Crippen molar-refractivity contribution < 1.29 is 31.5 Å². The van der Waals surface area contributed by atoms with Gasteiger partial charge in [0.15, 0.2) is 5.83 Å². The Morgan fingerprint density at radius 1 is 1.20 bits per heavy atom. The number of nitriles is 1. The van der Waals surface area contributed by atoms with Gasteiger partial charge in [-0.3, -0.25) is 14.9 Å². The second kappa shape index (κ2) is 6.46. The summed E-state index contributed by atoms with van der Waals surface area (Å²) in [4.78, 5) is 3.90. The van der Waals surface area contributed by atoms with E-state index in [9.17, 15) is 36.8 Å². The molecule has 0 amide bonds. The molecule has 0 saturated heterocycles. The van der Waals surface area contributed by atoms with Gasteiger partial charge in [0, 0.05) is 5.39 Å². The van der Waals surface area contributed by atoms with Crippen LogP contribution in [0.4, 0.5) is 26.3 Å². The third kappa shape index (κ3) is 3.19. The van der Waals surface area contributed by atoms with E-state index in [2.05, 4.69) is 16.2 Å². The normalized spacial score (nSPS) is 19.1. The summed E-state index contributed by atoms with van der Waals surface area (Å²) < 4.78 is 79.2. The maximum Gasteiger partial charge on any atom is 0.455 e. The lowest BCUT2D eigenvalue weighted by Crippen LogP contribution is -2.40. The van der Waals surface area contributed by atoms with Crippen molar-refractivity contribution in [3.63, 3.8) is 0 Å². The number of rotatable bonds is 4. The van der Waals surface area contributed by atoms with Crippen LogP contribution in [0.5, 0.6) is 0 Å². The van der Waals surface area contributed by atoms with Gasteiger partial charge in [-0.05, 0) is 30.6 Å². The summed E-state index contributed by atoms with van der Waals surface area (Å²) >= 11 is 0. The zero-order chi connectivity index (χ0) is 21.9. The number of halogens is 6. The first-order chi connectivity index (χ1) is 14.0. The van der Waals surface area contributed by atoms with Gasteiger partial charge >= 0.3 is 12.1 Å². The van der Waals surface area contributed by atoms with Crippen molar-refractivity contribution in [3.05, 3.63) is 41.6 Å². The van der Waals surface area contributed by atoms with Gasteiger partial charge in [0.05, 0.1) is 41.6 Å². The Morgan fingerprint density at radius 3 is 2.47 bits per heavy atom. The smallest absolute Gasteiger partial charge is 0.288 e. The first-order valence-electron chi connectivity index (χ1n) is 8.72. The monoisotopic (exact) mass is 429 g/mol. The van der Waals surface area contributed by atoms with Crippen molar-refractivity contribution in [1.82, 2.24) is 19.8 Å². The van der Waals surface area contributed by atoms with E-state index in [-0.39, 0.29) is 28.8 Å². The lowest BCUT2D eigenvalue weighted by atomic mass is 9.94. The molecule has 1 aliphatic carbocycles. The van der Waals surface area contributed by atoms with Crippen LogP contribution in [0.3, 0.4) is 0 Å². The lowest BCUT2D eigenvalue weighted by molar-refractivity contribution is -0.287. The Morgan fingerprint density at radius 2 is 1.90 bits per heavy atom. The minimum Gasteiger partial charge on any atom is -0.288 e. The van der Waals surface area contributed by atoms with Crippen LogP contribution in [0, 0.1) is 16.7 Å². The van der Waals surface area contributed by atoms with E-state index in [1.165, 1.54) is 6.07 Å². The van der Waals surface area contributed by atoms with Gasteiger partial charge < -0.3 is 0 Å². The number of hydroxylamine groups is 2. The molecule has 0 bridgehead atoms. The van der Waals surface area contributed by atoms with Crippen molar-refractivity contribution in [2.75, 3.05) is 6.54 Å². The number of fused-ring (bicyclic) bond motifs is 1. The molecule has 1 aliphatic heterocycles. The van der Waals surface area contributed by atoms with Crippen LogP contribution in [-0.2, 0) is 6.54 Å². The van der Waals surface area contributed by atoms with Crippen LogP contribution in [0.15, 0.2) is 35.9 Å². The summed E-state index contributed by atoms with van der Waals surface area (Å²) in [7, 11) is 0. The molecule has 0 aromatic carbocycles. The van der Waals surface area contributed by atoms with Gasteiger partial charge in [-0.15, -0.1) is 0 Å². The lowest BCUT2D eigenvalue weighted by Gasteiger charge is -2.27. The summed E-state index contributed by atoms with van der Waals surface area (Å²) in [5, 5.41) is 23.8. The highest BCUT2D eigenvalue weighted by atomic mass is 19.4. The van der Waals surface area contributed by atoms with Crippen LogP contribution in [-0.4, -0.2) is 43.7 Å². The molecule has 2 aromatic rings. The molecule has 30 heavy (non-hydrogen) atoms. The molecule has 1 saturated carbocycles. The van der Waals surface area contributed by atoms with Gasteiger partial charge in [0.1, 0.15) is 12.2 Å². The molecule has 158 valence electrons. The maximum absolute atomic E-state index is 14.7. The topological polar surface area (TPSA) is 78.0 Å². The highest BCUT2D eigenvalue weighted by molar-refractivity contribution is 5.82. The van der Waals surface area contributed by atoms with Crippen LogP contribution in [0.25, 0.3) is 16.6 Å². The summed E-state index contributed by atoms with van der Waals surface area (Å²) in [6.07, 6.45) is -1.41. The fraction of sp³-hybridized carbons (Fsp3) is 0.389. The molecule has 1 N–H and O–H groups in total. The number of aromatic nitrogens is 3. The molecule has 12 heteroatoms. The largest absolute Gasteiger partial charge is 0.455 e. The van der Waals surface area contributed by atoms with Gasteiger partial charge in [-0.2, -0.15) is 32.3 Å². The van der Waals surface area contributed by atoms with E-state index in [1.54, 1.807) is 0 Å². The summed E-state index contributed by atoms with van der Waals surface area (Å²) in [5.74, 6) is -5.84. The average molecular weight is 429 g/mol. The zero-order valence-electron chi connectivity index (χ0n) is 15.1. The van der Waals surface area contributed by atoms with E-state index in [4.69, 9.17) is 0 Å². The van der Waals surface area contributed by atoms with Crippen LogP contribution in [0.1, 0.15) is 18.5 Å². The number of hydrogen-bond donors (Lipinski definition) is 1. The fourth-order valence-electron chi connectivity index (χ4n) is 3.31. The average Bonchev–Trinajstić information content (AvgIpc) is 3.37. The summed E-state index contributed by atoms with van der Waals surface area (Å²) in [6.45, 7) is -1.85. The molecular formula is C18H13F6N5O. The molecule has 3 heterocycles. The third-order valence-electron chi connectivity index (χ3n) is 5.22. The fourth-order valence-corrected chi connectivity index (χ4v) is 3.31. The van der Waals surface area contributed by atoms with Crippen molar-refractivity contribution >= 4 is 16.6 Å². The predicted molar refractivity (Wildman–Crippen MR) is 90.4 cm³/mol. The quantitative estimate of drug-likeness (QED) is 0.738. The Hall–Kier alpha value is -3.07.